The number of aromatic nitrogens is 3. The molecule has 0 atom stereocenters. The van der Waals surface area contributed by atoms with Gasteiger partial charge in [-0.1, -0.05) is 26.7 Å². The fourth-order valence-corrected chi connectivity index (χ4v) is 2.70. The zero-order chi connectivity index (χ0) is 14.2. The van der Waals surface area contributed by atoms with Gasteiger partial charge in [-0.3, -0.25) is 0 Å². The first-order chi connectivity index (χ1) is 8.99. The van der Waals surface area contributed by atoms with Crippen LogP contribution in [0.5, 0.6) is 0 Å². The fourth-order valence-electron chi connectivity index (χ4n) is 2.70. The first-order valence-electron chi connectivity index (χ1n) is 7.09. The summed E-state index contributed by atoms with van der Waals surface area (Å²) in [6, 6.07) is 0. The molecule has 0 aromatic carbocycles. The van der Waals surface area contributed by atoms with Gasteiger partial charge in [0.25, 0.3) is 0 Å². The van der Waals surface area contributed by atoms with Crippen molar-refractivity contribution in [1.29, 1.82) is 0 Å². The maximum atomic E-state index is 6.07. The van der Waals surface area contributed by atoms with Crippen LogP contribution >= 0.6 is 0 Å². The summed E-state index contributed by atoms with van der Waals surface area (Å²) >= 11 is 0. The first-order valence-corrected chi connectivity index (χ1v) is 7.09. The molecule has 19 heavy (non-hydrogen) atoms. The minimum Gasteiger partial charge on any atom is -0.383 e. The maximum Gasteiger partial charge on any atom is 0.146 e. The summed E-state index contributed by atoms with van der Waals surface area (Å²) in [5, 5.41) is 1.02. The quantitative estimate of drug-likeness (QED) is 0.917. The van der Waals surface area contributed by atoms with Gasteiger partial charge in [-0.05, 0) is 32.3 Å². The maximum absolute atomic E-state index is 6.07. The average molecular weight is 260 g/mol. The molecule has 0 unspecified atom stereocenters. The predicted molar refractivity (Wildman–Crippen MR) is 80.2 cm³/mol. The molecule has 4 heteroatoms. The topological polar surface area (TPSA) is 56.7 Å². The van der Waals surface area contributed by atoms with E-state index in [1.807, 2.05) is 6.92 Å². The normalized spacial score (nSPS) is 11.7. The Kier molecular flexibility index (Phi) is 3.78. The molecule has 0 spiro atoms. The Morgan fingerprint density at radius 1 is 1.11 bits per heavy atom. The Labute approximate surface area is 115 Å². The lowest BCUT2D eigenvalue weighted by Gasteiger charge is -2.16. The monoisotopic (exact) mass is 260 g/mol. The smallest absolute Gasteiger partial charge is 0.146 e. The summed E-state index contributed by atoms with van der Waals surface area (Å²) in [5.41, 5.74) is 9.53. The summed E-state index contributed by atoms with van der Waals surface area (Å²) < 4.78 is 2.31. The van der Waals surface area contributed by atoms with Gasteiger partial charge < -0.3 is 10.3 Å². The number of aryl methyl sites for hydroxylation is 2. The molecule has 0 saturated heterocycles. The van der Waals surface area contributed by atoms with E-state index in [4.69, 9.17) is 5.73 Å². The third-order valence-electron chi connectivity index (χ3n) is 4.20. The van der Waals surface area contributed by atoms with Gasteiger partial charge in [0, 0.05) is 12.2 Å². The van der Waals surface area contributed by atoms with Crippen molar-refractivity contribution >= 4 is 16.9 Å². The van der Waals surface area contributed by atoms with Crippen molar-refractivity contribution < 1.29 is 0 Å². The van der Waals surface area contributed by atoms with Crippen LogP contribution in [0.25, 0.3) is 11.0 Å². The number of nitrogens with two attached hydrogens (primary N) is 1. The molecule has 2 N–H and O–H groups in total. The molecule has 0 aliphatic carbocycles. The van der Waals surface area contributed by atoms with Gasteiger partial charge in [0.1, 0.15) is 17.3 Å². The zero-order valence-corrected chi connectivity index (χ0v) is 12.6. The van der Waals surface area contributed by atoms with Crippen LogP contribution in [0.2, 0.25) is 0 Å². The summed E-state index contributed by atoms with van der Waals surface area (Å²) in [5.74, 6) is 2.03. The van der Waals surface area contributed by atoms with Gasteiger partial charge in [-0.25, -0.2) is 9.97 Å². The van der Waals surface area contributed by atoms with E-state index in [-0.39, 0.29) is 0 Å². The number of nitrogen functional groups attached to an aromatic ring is 1. The van der Waals surface area contributed by atoms with E-state index in [0.29, 0.717) is 11.7 Å². The second-order valence-corrected chi connectivity index (χ2v) is 5.36. The SMILES string of the molecule is CCC(CC)Cn1c(C)c(C)c2c(N)nc(C)nc21. The lowest BCUT2D eigenvalue weighted by molar-refractivity contribution is 0.420. The van der Waals surface area contributed by atoms with E-state index in [9.17, 15) is 0 Å². The molecule has 104 valence electrons. The average Bonchev–Trinajstić information content (AvgIpc) is 2.60. The highest BCUT2D eigenvalue weighted by atomic mass is 15.1. The van der Waals surface area contributed by atoms with Gasteiger partial charge in [0.15, 0.2) is 0 Å². The third kappa shape index (κ3) is 2.31. The van der Waals surface area contributed by atoms with Crippen LogP contribution in [-0.2, 0) is 6.54 Å². The molecule has 0 radical (unpaired) electrons. The third-order valence-corrected chi connectivity index (χ3v) is 4.20. The number of hydrogen-bond acceptors (Lipinski definition) is 3. The molecular weight excluding hydrogens is 236 g/mol. The Bertz CT molecular complexity index is 594. The van der Waals surface area contributed by atoms with Crippen LogP contribution in [0.15, 0.2) is 0 Å². The van der Waals surface area contributed by atoms with Gasteiger partial charge in [-0.15, -0.1) is 0 Å². The van der Waals surface area contributed by atoms with E-state index in [0.717, 1.165) is 23.4 Å². The van der Waals surface area contributed by atoms with Gasteiger partial charge in [0.2, 0.25) is 0 Å². The molecule has 0 aliphatic rings. The highest BCUT2D eigenvalue weighted by molar-refractivity contribution is 5.91. The molecule has 0 aliphatic heterocycles. The van der Waals surface area contributed by atoms with Crippen molar-refractivity contribution in [1.82, 2.24) is 14.5 Å². The molecule has 0 bridgehead atoms. The number of anilines is 1. The Morgan fingerprint density at radius 2 is 1.74 bits per heavy atom. The second kappa shape index (κ2) is 5.19. The Hall–Kier alpha value is -1.58. The Balaban J connectivity index is 2.63. The van der Waals surface area contributed by atoms with E-state index >= 15 is 0 Å². The molecule has 0 fully saturated rings. The van der Waals surface area contributed by atoms with Gasteiger partial charge in [-0.2, -0.15) is 0 Å². The van der Waals surface area contributed by atoms with E-state index in [2.05, 4.69) is 42.2 Å². The minimum atomic E-state index is 0.603. The Morgan fingerprint density at radius 3 is 2.32 bits per heavy atom. The number of hydrogen-bond donors (Lipinski definition) is 1. The largest absolute Gasteiger partial charge is 0.383 e. The van der Waals surface area contributed by atoms with Gasteiger partial charge in [0.05, 0.1) is 5.39 Å². The molecule has 0 saturated carbocycles. The summed E-state index contributed by atoms with van der Waals surface area (Å²) in [6.07, 6.45) is 2.38. The molecular formula is C15H24N4. The number of fused-ring (bicyclic) bond motifs is 1. The predicted octanol–water partition coefficient (Wildman–Crippen LogP) is 3.37. The summed E-state index contributed by atoms with van der Waals surface area (Å²) in [4.78, 5) is 8.90. The van der Waals surface area contributed by atoms with Crippen LogP contribution in [-0.4, -0.2) is 14.5 Å². The van der Waals surface area contributed by atoms with Crippen LogP contribution < -0.4 is 5.73 Å². The zero-order valence-electron chi connectivity index (χ0n) is 12.6. The molecule has 2 heterocycles. The van der Waals surface area contributed by atoms with Crippen molar-refractivity contribution in [2.24, 2.45) is 5.92 Å². The molecule has 2 aromatic rings. The van der Waals surface area contributed by atoms with E-state index in [1.165, 1.54) is 24.1 Å². The van der Waals surface area contributed by atoms with Crippen molar-refractivity contribution in [3.8, 4) is 0 Å². The lowest BCUT2D eigenvalue weighted by atomic mass is 10.0. The summed E-state index contributed by atoms with van der Waals surface area (Å²) in [6.45, 7) is 11.7. The standard InChI is InChI=1S/C15H24N4/c1-6-12(7-2)8-19-10(4)9(3)13-14(16)17-11(5)18-15(13)19/h12H,6-8H2,1-5H3,(H2,16,17,18). The van der Waals surface area contributed by atoms with Crippen LogP contribution in [0, 0.1) is 26.7 Å². The van der Waals surface area contributed by atoms with Crippen molar-refractivity contribution in [2.75, 3.05) is 5.73 Å². The van der Waals surface area contributed by atoms with E-state index in [1.54, 1.807) is 0 Å². The van der Waals surface area contributed by atoms with Gasteiger partial charge >= 0.3 is 0 Å². The molecule has 2 aromatic heterocycles. The minimum absolute atomic E-state index is 0.603. The van der Waals surface area contributed by atoms with Crippen molar-refractivity contribution in [3.05, 3.63) is 17.1 Å². The van der Waals surface area contributed by atoms with E-state index < -0.39 is 0 Å². The summed E-state index contributed by atoms with van der Waals surface area (Å²) in [7, 11) is 0. The number of rotatable bonds is 4. The fraction of sp³-hybridized carbons (Fsp3) is 0.600. The van der Waals surface area contributed by atoms with Crippen LogP contribution in [0.1, 0.15) is 43.8 Å². The lowest BCUT2D eigenvalue weighted by Crippen LogP contribution is -2.11. The first kappa shape index (κ1) is 13.8. The molecule has 2 rings (SSSR count). The second-order valence-electron chi connectivity index (χ2n) is 5.36. The highest BCUT2D eigenvalue weighted by Gasteiger charge is 2.17. The highest BCUT2D eigenvalue weighted by Crippen LogP contribution is 2.29. The molecule has 4 nitrogen and oxygen atoms in total. The van der Waals surface area contributed by atoms with Crippen molar-refractivity contribution in [2.45, 2.75) is 54.0 Å². The molecule has 0 amide bonds. The van der Waals surface area contributed by atoms with Crippen LogP contribution in [0.3, 0.4) is 0 Å². The van der Waals surface area contributed by atoms with Crippen LogP contribution in [0.4, 0.5) is 5.82 Å². The van der Waals surface area contributed by atoms with Crippen molar-refractivity contribution in [3.63, 3.8) is 0 Å². The number of nitrogens with zero attached hydrogens (tertiary/aromatic N) is 3.